The molecule has 2 aliphatic heterocycles. The minimum Gasteiger partial charge on any atom is -0.446 e. The predicted molar refractivity (Wildman–Crippen MR) is 90.6 cm³/mol. The molecule has 140 valence electrons. The number of benzene rings is 1. The zero-order valence-corrected chi connectivity index (χ0v) is 14.9. The molecular weight excluding hydrogens is 343 g/mol. The smallest absolute Gasteiger partial charge is 0.416 e. The lowest BCUT2D eigenvalue weighted by Crippen LogP contribution is -2.59. The molecule has 0 amide bonds. The fraction of sp³-hybridized carbons (Fsp3) is 0.526. The number of aryl methyl sites for hydroxylation is 1. The Labute approximate surface area is 150 Å². The molecule has 0 aliphatic carbocycles. The van der Waals surface area contributed by atoms with E-state index >= 15 is 0 Å². The van der Waals surface area contributed by atoms with E-state index in [1.54, 1.807) is 18.3 Å². The first-order valence-electron chi connectivity index (χ1n) is 8.75. The molecule has 1 aromatic carbocycles. The number of hydrogen-bond donors (Lipinski definition) is 0. The summed E-state index contributed by atoms with van der Waals surface area (Å²) in [5.41, 5.74) is -0.187. The fourth-order valence-corrected chi connectivity index (χ4v) is 4.54. The van der Waals surface area contributed by atoms with Crippen molar-refractivity contribution in [3.8, 4) is 0 Å². The van der Waals surface area contributed by atoms with Gasteiger partial charge >= 0.3 is 6.18 Å². The Kier molecular flexibility index (Phi) is 4.11. The lowest BCUT2D eigenvalue weighted by atomic mass is 9.71. The van der Waals surface area contributed by atoms with E-state index in [1.165, 1.54) is 6.07 Å². The van der Waals surface area contributed by atoms with E-state index in [0.29, 0.717) is 12.1 Å². The van der Waals surface area contributed by atoms with Gasteiger partial charge in [-0.05, 0) is 25.6 Å². The SMILES string of the molecule is Cc1cnc(C2CN(C)CC23CN(Cc2ccccc2C(F)(F)F)C3)o1. The Hall–Kier alpha value is -1.86. The van der Waals surface area contributed by atoms with Gasteiger partial charge in [0.1, 0.15) is 5.76 Å². The van der Waals surface area contributed by atoms with Gasteiger partial charge in [-0.2, -0.15) is 13.2 Å². The van der Waals surface area contributed by atoms with Crippen LogP contribution in [0.3, 0.4) is 0 Å². The van der Waals surface area contributed by atoms with E-state index in [4.69, 9.17) is 4.42 Å². The number of halogens is 3. The molecule has 7 heteroatoms. The largest absolute Gasteiger partial charge is 0.446 e. The van der Waals surface area contributed by atoms with Crippen molar-refractivity contribution in [2.75, 3.05) is 33.2 Å². The van der Waals surface area contributed by atoms with Crippen molar-refractivity contribution in [2.24, 2.45) is 5.41 Å². The number of likely N-dealkylation sites (N-methyl/N-ethyl adjacent to an activating group) is 1. The molecule has 2 fully saturated rings. The molecule has 0 saturated carbocycles. The summed E-state index contributed by atoms with van der Waals surface area (Å²) >= 11 is 0. The van der Waals surface area contributed by atoms with Crippen LogP contribution in [0.15, 0.2) is 34.9 Å². The van der Waals surface area contributed by atoms with E-state index in [0.717, 1.165) is 43.9 Å². The van der Waals surface area contributed by atoms with E-state index < -0.39 is 11.7 Å². The van der Waals surface area contributed by atoms with Gasteiger partial charge in [0.2, 0.25) is 0 Å². The first-order chi connectivity index (χ1) is 12.3. The average molecular weight is 365 g/mol. The monoisotopic (exact) mass is 365 g/mol. The first-order valence-corrected chi connectivity index (χ1v) is 8.75. The van der Waals surface area contributed by atoms with Crippen LogP contribution in [-0.2, 0) is 12.7 Å². The molecule has 1 spiro atoms. The van der Waals surface area contributed by atoms with Crippen LogP contribution in [-0.4, -0.2) is 48.0 Å². The Morgan fingerprint density at radius 2 is 1.96 bits per heavy atom. The van der Waals surface area contributed by atoms with Crippen molar-refractivity contribution in [1.82, 2.24) is 14.8 Å². The highest BCUT2D eigenvalue weighted by atomic mass is 19.4. The number of alkyl halides is 3. The van der Waals surface area contributed by atoms with Gasteiger partial charge in [0.25, 0.3) is 0 Å². The van der Waals surface area contributed by atoms with Crippen molar-refractivity contribution >= 4 is 0 Å². The number of likely N-dealkylation sites (tertiary alicyclic amines) is 2. The van der Waals surface area contributed by atoms with Crippen LogP contribution in [0.2, 0.25) is 0 Å². The third-order valence-electron chi connectivity index (χ3n) is 5.55. The fourth-order valence-electron chi connectivity index (χ4n) is 4.54. The summed E-state index contributed by atoms with van der Waals surface area (Å²) in [5.74, 6) is 1.73. The standard InChI is InChI=1S/C19H22F3N3O/c1-13-7-23-17(26-13)16-9-24(2)10-18(16)11-25(12-18)8-14-5-3-4-6-15(14)19(20,21)22/h3-7,16H,8-12H2,1-2H3. The lowest BCUT2D eigenvalue weighted by Gasteiger charge is -2.50. The van der Waals surface area contributed by atoms with Crippen molar-refractivity contribution in [2.45, 2.75) is 25.6 Å². The molecule has 4 nitrogen and oxygen atoms in total. The average Bonchev–Trinajstić information content (AvgIpc) is 3.10. The molecule has 2 aromatic rings. The molecule has 1 aromatic heterocycles. The zero-order valence-electron chi connectivity index (χ0n) is 14.9. The molecule has 26 heavy (non-hydrogen) atoms. The maximum Gasteiger partial charge on any atom is 0.416 e. The highest BCUT2D eigenvalue weighted by molar-refractivity contribution is 5.30. The Bertz CT molecular complexity index is 795. The Morgan fingerprint density at radius 1 is 1.23 bits per heavy atom. The molecule has 1 atom stereocenters. The Balaban J connectivity index is 1.50. The van der Waals surface area contributed by atoms with Crippen molar-refractivity contribution in [1.29, 1.82) is 0 Å². The third kappa shape index (κ3) is 3.03. The molecule has 4 rings (SSSR count). The van der Waals surface area contributed by atoms with Crippen molar-refractivity contribution < 1.29 is 17.6 Å². The molecule has 3 heterocycles. The van der Waals surface area contributed by atoms with E-state index in [2.05, 4.69) is 21.8 Å². The number of nitrogens with zero attached hydrogens (tertiary/aromatic N) is 3. The van der Waals surface area contributed by atoms with Gasteiger partial charge < -0.3 is 9.32 Å². The Morgan fingerprint density at radius 3 is 2.62 bits per heavy atom. The van der Waals surface area contributed by atoms with Gasteiger partial charge in [-0.1, -0.05) is 18.2 Å². The maximum absolute atomic E-state index is 13.2. The van der Waals surface area contributed by atoms with Gasteiger partial charge in [0, 0.05) is 38.1 Å². The quantitative estimate of drug-likeness (QED) is 0.833. The van der Waals surface area contributed by atoms with Crippen LogP contribution >= 0.6 is 0 Å². The molecule has 0 N–H and O–H groups in total. The third-order valence-corrected chi connectivity index (χ3v) is 5.55. The van der Waals surface area contributed by atoms with Gasteiger partial charge in [-0.15, -0.1) is 0 Å². The second-order valence-corrected chi connectivity index (χ2v) is 7.72. The van der Waals surface area contributed by atoms with E-state index in [-0.39, 0.29) is 11.3 Å². The number of hydrogen-bond acceptors (Lipinski definition) is 4. The molecule has 0 radical (unpaired) electrons. The zero-order chi connectivity index (χ0) is 18.5. The minimum absolute atomic E-state index is 0.0131. The van der Waals surface area contributed by atoms with Gasteiger partial charge in [-0.25, -0.2) is 4.98 Å². The maximum atomic E-state index is 13.2. The van der Waals surface area contributed by atoms with Gasteiger partial charge in [-0.3, -0.25) is 4.90 Å². The lowest BCUT2D eigenvalue weighted by molar-refractivity contribution is -0.138. The summed E-state index contributed by atoms with van der Waals surface area (Å²) in [7, 11) is 2.07. The molecule has 0 bridgehead atoms. The number of oxazole rings is 1. The highest BCUT2D eigenvalue weighted by Gasteiger charge is 2.55. The number of aromatic nitrogens is 1. The van der Waals surface area contributed by atoms with Gasteiger partial charge in [0.15, 0.2) is 5.89 Å². The normalized spacial score (nSPS) is 23.5. The summed E-state index contributed by atoms with van der Waals surface area (Å²) in [6.07, 6.45) is -2.58. The second-order valence-electron chi connectivity index (χ2n) is 7.72. The highest BCUT2D eigenvalue weighted by Crippen LogP contribution is 2.49. The van der Waals surface area contributed by atoms with Crippen LogP contribution in [0.5, 0.6) is 0 Å². The number of rotatable bonds is 3. The van der Waals surface area contributed by atoms with Crippen molar-refractivity contribution in [3.05, 3.63) is 53.2 Å². The molecule has 1 unspecified atom stereocenters. The van der Waals surface area contributed by atoms with Crippen LogP contribution in [0, 0.1) is 12.3 Å². The molecule has 2 saturated heterocycles. The molecular formula is C19H22F3N3O. The van der Waals surface area contributed by atoms with Crippen LogP contribution in [0.25, 0.3) is 0 Å². The summed E-state index contributed by atoms with van der Waals surface area (Å²) in [6.45, 7) is 5.50. The van der Waals surface area contributed by atoms with Crippen LogP contribution in [0.1, 0.15) is 28.7 Å². The van der Waals surface area contributed by atoms with E-state index in [1.807, 2.05) is 6.92 Å². The summed E-state index contributed by atoms with van der Waals surface area (Å²) in [5, 5.41) is 0. The summed E-state index contributed by atoms with van der Waals surface area (Å²) < 4.78 is 45.4. The predicted octanol–water partition coefficient (Wildman–Crippen LogP) is 3.53. The van der Waals surface area contributed by atoms with E-state index in [9.17, 15) is 13.2 Å². The summed E-state index contributed by atoms with van der Waals surface area (Å²) in [4.78, 5) is 8.75. The van der Waals surface area contributed by atoms with Crippen molar-refractivity contribution in [3.63, 3.8) is 0 Å². The topological polar surface area (TPSA) is 32.5 Å². The molecule has 2 aliphatic rings. The van der Waals surface area contributed by atoms with Gasteiger partial charge in [0.05, 0.1) is 17.7 Å². The van der Waals surface area contributed by atoms with Crippen LogP contribution < -0.4 is 0 Å². The first kappa shape index (κ1) is 17.5. The second kappa shape index (κ2) is 6.09. The van der Waals surface area contributed by atoms with Crippen LogP contribution in [0.4, 0.5) is 13.2 Å². The minimum atomic E-state index is -4.31. The summed E-state index contributed by atoms with van der Waals surface area (Å²) in [6, 6.07) is 5.84.